The van der Waals surface area contributed by atoms with Crippen molar-refractivity contribution in [1.29, 1.82) is 0 Å². The quantitative estimate of drug-likeness (QED) is 0.754. The number of para-hydroxylation sites is 1. The summed E-state index contributed by atoms with van der Waals surface area (Å²) in [6.07, 6.45) is 0. The van der Waals surface area contributed by atoms with E-state index < -0.39 is 5.38 Å². The number of halogens is 1. The van der Waals surface area contributed by atoms with Gasteiger partial charge in [-0.05, 0) is 24.4 Å². The number of rotatable bonds is 6. The predicted octanol–water partition coefficient (Wildman–Crippen LogP) is 3.91. The molecule has 1 aromatic carbocycles. The van der Waals surface area contributed by atoms with Crippen LogP contribution in [0.5, 0.6) is 5.75 Å². The molecule has 0 bridgehead atoms. The molecule has 1 aromatic heterocycles. The lowest BCUT2D eigenvalue weighted by molar-refractivity contribution is -0.131. The highest BCUT2D eigenvalue weighted by atomic mass is 35.5. The molecule has 1 heterocycles. The second-order valence-electron chi connectivity index (χ2n) is 4.70. The first-order valence-corrected chi connectivity index (χ1v) is 8.00. The predicted molar refractivity (Wildman–Crippen MR) is 86.9 cm³/mol. The number of carbonyl (C=O) groups is 1. The summed E-state index contributed by atoms with van der Waals surface area (Å²) in [6.45, 7) is 2.75. The van der Waals surface area contributed by atoms with Gasteiger partial charge < -0.3 is 9.64 Å². The minimum atomic E-state index is -0.542. The summed E-state index contributed by atoms with van der Waals surface area (Å²) in [4.78, 5) is 15.2. The number of methoxy groups -OCH3 is 1. The first kappa shape index (κ1) is 15.9. The molecular formula is C16H18ClNO2S. The van der Waals surface area contributed by atoms with Crippen LogP contribution in [-0.2, 0) is 17.9 Å². The molecule has 1 amide bonds. The van der Waals surface area contributed by atoms with E-state index in [1.165, 1.54) is 0 Å². The highest BCUT2D eigenvalue weighted by Gasteiger charge is 2.20. The van der Waals surface area contributed by atoms with E-state index in [4.69, 9.17) is 16.3 Å². The third-order valence-corrected chi connectivity index (χ3v) is 4.18. The van der Waals surface area contributed by atoms with Crippen LogP contribution in [0.3, 0.4) is 0 Å². The largest absolute Gasteiger partial charge is 0.496 e. The molecule has 21 heavy (non-hydrogen) atoms. The van der Waals surface area contributed by atoms with E-state index in [9.17, 15) is 4.79 Å². The van der Waals surface area contributed by atoms with Crippen molar-refractivity contribution in [2.24, 2.45) is 0 Å². The minimum absolute atomic E-state index is 0.0732. The van der Waals surface area contributed by atoms with Gasteiger partial charge >= 0.3 is 0 Å². The lowest BCUT2D eigenvalue weighted by Gasteiger charge is -2.24. The summed E-state index contributed by atoms with van der Waals surface area (Å²) in [5.41, 5.74) is 0.974. The van der Waals surface area contributed by atoms with Gasteiger partial charge in [0.05, 0.1) is 13.7 Å². The van der Waals surface area contributed by atoms with Gasteiger partial charge in [-0.2, -0.15) is 0 Å². The fourth-order valence-electron chi connectivity index (χ4n) is 2.09. The van der Waals surface area contributed by atoms with E-state index in [0.29, 0.717) is 13.1 Å². The van der Waals surface area contributed by atoms with Gasteiger partial charge in [-0.3, -0.25) is 4.79 Å². The molecule has 0 saturated heterocycles. The minimum Gasteiger partial charge on any atom is -0.496 e. The lowest BCUT2D eigenvalue weighted by Crippen LogP contribution is -2.34. The van der Waals surface area contributed by atoms with Crippen LogP contribution in [0.1, 0.15) is 17.4 Å². The molecule has 1 atom stereocenters. The van der Waals surface area contributed by atoms with Gasteiger partial charge in [0.15, 0.2) is 0 Å². The third kappa shape index (κ3) is 4.22. The lowest BCUT2D eigenvalue weighted by atomic mass is 10.1. The number of carbonyl (C=O) groups excluding carboxylic acids is 1. The summed E-state index contributed by atoms with van der Waals surface area (Å²) >= 11 is 7.62. The number of amides is 1. The van der Waals surface area contributed by atoms with Crippen LogP contribution < -0.4 is 4.74 Å². The smallest absolute Gasteiger partial charge is 0.240 e. The van der Waals surface area contributed by atoms with Crippen LogP contribution >= 0.6 is 22.9 Å². The Bertz CT molecular complexity index is 584. The monoisotopic (exact) mass is 323 g/mol. The van der Waals surface area contributed by atoms with Crippen molar-refractivity contribution < 1.29 is 9.53 Å². The molecule has 0 radical (unpaired) electrons. The van der Waals surface area contributed by atoms with Gasteiger partial charge in [0.1, 0.15) is 11.1 Å². The Balaban J connectivity index is 2.21. The Hall–Kier alpha value is -1.52. The average molecular weight is 324 g/mol. The molecule has 0 aliphatic carbocycles. The fraction of sp³-hybridized carbons (Fsp3) is 0.312. The highest BCUT2D eigenvalue weighted by Crippen LogP contribution is 2.22. The van der Waals surface area contributed by atoms with Crippen LogP contribution in [0.4, 0.5) is 0 Å². The van der Waals surface area contributed by atoms with Gasteiger partial charge in [-0.25, -0.2) is 0 Å². The molecule has 0 fully saturated rings. The fourth-order valence-corrected chi connectivity index (χ4v) is 2.95. The molecule has 0 aliphatic rings. The molecule has 5 heteroatoms. The van der Waals surface area contributed by atoms with Crippen molar-refractivity contribution >= 4 is 28.8 Å². The van der Waals surface area contributed by atoms with E-state index >= 15 is 0 Å². The number of thiophene rings is 1. The van der Waals surface area contributed by atoms with Crippen LogP contribution in [-0.4, -0.2) is 23.3 Å². The number of ether oxygens (including phenoxy) is 1. The summed E-state index contributed by atoms with van der Waals surface area (Å²) < 4.78 is 5.35. The Morgan fingerprint density at radius 2 is 2.05 bits per heavy atom. The number of hydrogen-bond donors (Lipinski definition) is 0. The maximum absolute atomic E-state index is 12.3. The standard InChI is InChI=1S/C16H18ClNO2S/c1-12(17)16(19)18(11-14-7-5-9-21-14)10-13-6-3-4-8-15(13)20-2/h3-9,12H,10-11H2,1-2H3. The van der Waals surface area contributed by atoms with E-state index in [-0.39, 0.29) is 5.91 Å². The zero-order valence-corrected chi connectivity index (χ0v) is 13.7. The van der Waals surface area contributed by atoms with Gasteiger partial charge in [-0.1, -0.05) is 24.3 Å². The first-order valence-electron chi connectivity index (χ1n) is 6.69. The van der Waals surface area contributed by atoms with Crippen LogP contribution in [0, 0.1) is 0 Å². The molecular weight excluding hydrogens is 306 g/mol. The normalized spacial score (nSPS) is 12.0. The van der Waals surface area contributed by atoms with Crippen molar-refractivity contribution in [2.45, 2.75) is 25.4 Å². The van der Waals surface area contributed by atoms with Crippen molar-refractivity contribution in [3.05, 3.63) is 52.2 Å². The van der Waals surface area contributed by atoms with Crippen molar-refractivity contribution in [1.82, 2.24) is 4.90 Å². The molecule has 0 aliphatic heterocycles. The Labute approximate surface area is 134 Å². The third-order valence-electron chi connectivity index (χ3n) is 3.13. The topological polar surface area (TPSA) is 29.5 Å². The Morgan fingerprint density at radius 3 is 2.67 bits per heavy atom. The summed E-state index contributed by atoms with van der Waals surface area (Å²) in [6, 6.07) is 11.7. The maximum atomic E-state index is 12.3. The number of alkyl halides is 1. The average Bonchev–Trinajstić information content (AvgIpc) is 2.99. The molecule has 1 unspecified atom stereocenters. The molecule has 2 aromatic rings. The first-order chi connectivity index (χ1) is 10.1. The summed E-state index contributed by atoms with van der Waals surface area (Å²) in [7, 11) is 1.63. The molecule has 0 saturated carbocycles. The second kappa shape index (κ2) is 7.48. The summed E-state index contributed by atoms with van der Waals surface area (Å²) in [5.74, 6) is 0.708. The van der Waals surface area contributed by atoms with Gasteiger partial charge in [0.25, 0.3) is 0 Å². The highest BCUT2D eigenvalue weighted by molar-refractivity contribution is 7.09. The van der Waals surface area contributed by atoms with E-state index in [2.05, 4.69) is 0 Å². The van der Waals surface area contributed by atoms with Gasteiger partial charge in [-0.15, -0.1) is 22.9 Å². The Morgan fingerprint density at radius 1 is 1.29 bits per heavy atom. The van der Waals surface area contributed by atoms with Crippen molar-refractivity contribution in [3.63, 3.8) is 0 Å². The zero-order valence-electron chi connectivity index (χ0n) is 12.1. The molecule has 2 rings (SSSR count). The van der Waals surface area contributed by atoms with E-state index in [0.717, 1.165) is 16.2 Å². The SMILES string of the molecule is COc1ccccc1CN(Cc1cccs1)C(=O)C(C)Cl. The summed E-state index contributed by atoms with van der Waals surface area (Å²) in [5, 5.41) is 1.46. The number of benzene rings is 1. The Kier molecular flexibility index (Phi) is 5.65. The van der Waals surface area contributed by atoms with Gasteiger partial charge in [0, 0.05) is 17.0 Å². The van der Waals surface area contributed by atoms with E-state index in [1.807, 2.05) is 41.8 Å². The maximum Gasteiger partial charge on any atom is 0.240 e. The van der Waals surface area contributed by atoms with E-state index in [1.54, 1.807) is 30.3 Å². The van der Waals surface area contributed by atoms with Crippen molar-refractivity contribution in [3.8, 4) is 5.75 Å². The van der Waals surface area contributed by atoms with Crippen LogP contribution in [0.2, 0.25) is 0 Å². The second-order valence-corrected chi connectivity index (χ2v) is 6.39. The number of nitrogens with zero attached hydrogens (tertiary/aromatic N) is 1. The van der Waals surface area contributed by atoms with Crippen LogP contribution in [0.15, 0.2) is 41.8 Å². The molecule has 3 nitrogen and oxygen atoms in total. The van der Waals surface area contributed by atoms with Gasteiger partial charge in [0.2, 0.25) is 5.91 Å². The molecule has 0 N–H and O–H groups in total. The van der Waals surface area contributed by atoms with Crippen molar-refractivity contribution in [2.75, 3.05) is 7.11 Å². The molecule has 0 spiro atoms. The number of hydrogen-bond acceptors (Lipinski definition) is 3. The zero-order chi connectivity index (χ0) is 15.2. The molecule has 112 valence electrons. The van der Waals surface area contributed by atoms with Crippen LogP contribution in [0.25, 0.3) is 0 Å².